The van der Waals surface area contributed by atoms with E-state index in [2.05, 4.69) is 50.8 Å². The van der Waals surface area contributed by atoms with Gasteiger partial charge in [-0.15, -0.1) is 6.58 Å². The predicted octanol–water partition coefficient (Wildman–Crippen LogP) is 3.15. The molecule has 39 heavy (non-hydrogen) atoms. The van der Waals surface area contributed by atoms with Gasteiger partial charge in [0.05, 0.1) is 12.2 Å². The third-order valence-corrected chi connectivity index (χ3v) is 6.88. The van der Waals surface area contributed by atoms with Gasteiger partial charge >= 0.3 is 0 Å². The highest BCUT2D eigenvalue weighted by molar-refractivity contribution is 5.77. The Morgan fingerprint density at radius 2 is 1.77 bits per heavy atom. The highest BCUT2D eigenvalue weighted by atomic mass is 16.1. The van der Waals surface area contributed by atoms with Gasteiger partial charge in [-0.1, -0.05) is 12.1 Å². The Morgan fingerprint density at radius 3 is 2.49 bits per heavy atom. The van der Waals surface area contributed by atoms with Gasteiger partial charge < -0.3 is 15.1 Å². The molecule has 0 spiro atoms. The second-order valence-corrected chi connectivity index (χ2v) is 9.66. The molecule has 6 rings (SSSR count). The fourth-order valence-corrected chi connectivity index (χ4v) is 4.78. The van der Waals surface area contributed by atoms with Crippen LogP contribution in [0.3, 0.4) is 0 Å². The van der Waals surface area contributed by atoms with Gasteiger partial charge in [0, 0.05) is 49.9 Å². The molecule has 1 fully saturated rings. The van der Waals surface area contributed by atoms with Crippen LogP contribution in [-0.2, 0) is 6.54 Å². The second-order valence-electron chi connectivity index (χ2n) is 9.66. The number of nitrogens with zero attached hydrogens (tertiary/aromatic N) is 9. The Bertz CT molecular complexity index is 1690. The van der Waals surface area contributed by atoms with Crippen LogP contribution in [-0.4, -0.2) is 72.0 Å². The van der Waals surface area contributed by atoms with Gasteiger partial charge in [0.25, 0.3) is 5.56 Å². The van der Waals surface area contributed by atoms with E-state index in [9.17, 15) is 4.79 Å². The molecule has 11 nitrogen and oxygen atoms in total. The lowest BCUT2D eigenvalue weighted by atomic mass is 10.2. The first-order valence-corrected chi connectivity index (χ1v) is 12.9. The summed E-state index contributed by atoms with van der Waals surface area (Å²) in [5, 5.41) is 3.69. The normalized spacial score (nSPS) is 14.2. The van der Waals surface area contributed by atoms with Crippen molar-refractivity contribution < 1.29 is 0 Å². The summed E-state index contributed by atoms with van der Waals surface area (Å²) in [5.41, 5.74) is 3.19. The molecule has 1 saturated heterocycles. The van der Waals surface area contributed by atoms with Crippen molar-refractivity contribution in [3.05, 3.63) is 89.9 Å². The van der Waals surface area contributed by atoms with Gasteiger partial charge in [-0.25, -0.2) is 24.3 Å². The van der Waals surface area contributed by atoms with Crippen LogP contribution in [0.25, 0.3) is 22.7 Å². The maximum atomic E-state index is 13.3. The van der Waals surface area contributed by atoms with Crippen LogP contribution in [0.4, 0.5) is 17.3 Å². The first-order valence-electron chi connectivity index (χ1n) is 12.9. The zero-order chi connectivity index (χ0) is 26.9. The van der Waals surface area contributed by atoms with Crippen molar-refractivity contribution in [1.82, 2.24) is 38.8 Å². The number of benzene rings is 1. The number of allylic oxidation sites excluding steroid dienone is 1. The van der Waals surface area contributed by atoms with Crippen LogP contribution >= 0.6 is 0 Å². The number of piperazine rings is 1. The minimum atomic E-state index is -0.210. The lowest BCUT2D eigenvalue weighted by molar-refractivity contribution is 0.313. The molecular formula is C28H30N10O. The Balaban J connectivity index is 1.35. The number of likely N-dealkylation sites (N-methyl/N-ethyl adjacent to an activating group) is 1. The van der Waals surface area contributed by atoms with E-state index in [4.69, 9.17) is 9.97 Å². The average molecular weight is 523 g/mol. The first kappa shape index (κ1) is 24.6. The van der Waals surface area contributed by atoms with Crippen molar-refractivity contribution in [3.8, 4) is 11.6 Å². The van der Waals surface area contributed by atoms with Gasteiger partial charge in [0.15, 0.2) is 11.5 Å². The number of aromatic nitrogens is 7. The molecule has 0 unspecified atom stereocenters. The Morgan fingerprint density at radius 1 is 1.00 bits per heavy atom. The fourth-order valence-electron chi connectivity index (χ4n) is 4.78. The molecule has 11 heteroatoms. The van der Waals surface area contributed by atoms with E-state index in [1.54, 1.807) is 28.0 Å². The summed E-state index contributed by atoms with van der Waals surface area (Å²) in [7, 11) is 2.15. The van der Waals surface area contributed by atoms with Crippen LogP contribution in [0.5, 0.6) is 0 Å². The number of anilines is 3. The van der Waals surface area contributed by atoms with E-state index in [0.717, 1.165) is 37.6 Å². The summed E-state index contributed by atoms with van der Waals surface area (Å²) in [4.78, 5) is 36.3. The molecule has 4 aromatic heterocycles. The van der Waals surface area contributed by atoms with Crippen molar-refractivity contribution in [2.24, 2.45) is 0 Å². The number of fused-ring (bicyclic) bond motifs is 1. The molecule has 0 aliphatic carbocycles. The average Bonchev–Trinajstić information content (AvgIpc) is 3.51. The lowest BCUT2D eigenvalue weighted by Gasteiger charge is -2.34. The predicted molar refractivity (Wildman–Crippen MR) is 152 cm³/mol. The van der Waals surface area contributed by atoms with E-state index in [0.29, 0.717) is 35.2 Å². The summed E-state index contributed by atoms with van der Waals surface area (Å²) in [6.45, 7) is 10.2. The molecule has 1 aliphatic rings. The Hall–Kier alpha value is -4.77. The van der Waals surface area contributed by atoms with Crippen molar-refractivity contribution in [1.29, 1.82) is 0 Å². The molecule has 198 valence electrons. The maximum Gasteiger partial charge on any atom is 0.278 e. The first-order chi connectivity index (χ1) is 19.0. The van der Waals surface area contributed by atoms with Crippen LogP contribution in [0, 0.1) is 6.92 Å². The fraction of sp³-hybridized carbons (Fsp3) is 0.250. The van der Waals surface area contributed by atoms with Crippen molar-refractivity contribution in [3.63, 3.8) is 0 Å². The summed E-state index contributed by atoms with van der Waals surface area (Å²) in [6.07, 6.45) is 6.85. The molecule has 5 heterocycles. The van der Waals surface area contributed by atoms with Crippen LogP contribution in [0.2, 0.25) is 0 Å². The number of imidazole rings is 1. The summed E-state index contributed by atoms with van der Waals surface area (Å²) in [5.74, 6) is 1.62. The molecule has 0 saturated carbocycles. The zero-order valence-corrected chi connectivity index (χ0v) is 22.0. The smallest absolute Gasteiger partial charge is 0.278 e. The minimum Gasteiger partial charge on any atom is -0.369 e. The van der Waals surface area contributed by atoms with Crippen molar-refractivity contribution in [2.45, 2.75) is 13.5 Å². The molecule has 1 aliphatic heterocycles. The number of nitrogens with one attached hydrogen (secondary N) is 1. The molecule has 1 aromatic carbocycles. The highest BCUT2D eigenvalue weighted by Crippen LogP contribution is 2.22. The number of aryl methyl sites for hydroxylation is 1. The number of hydrogen-bond donors (Lipinski definition) is 1. The van der Waals surface area contributed by atoms with Gasteiger partial charge in [0.1, 0.15) is 17.5 Å². The lowest BCUT2D eigenvalue weighted by Crippen LogP contribution is -2.44. The molecule has 5 aromatic rings. The summed E-state index contributed by atoms with van der Waals surface area (Å²) < 4.78 is 5.12. The molecule has 1 N–H and O–H groups in total. The number of pyridine rings is 1. The second kappa shape index (κ2) is 10.2. The molecule has 0 amide bonds. The van der Waals surface area contributed by atoms with Gasteiger partial charge in [0.2, 0.25) is 5.95 Å². The van der Waals surface area contributed by atoms with Crippen LogP contribution in [0.1, 0.15) is 5.69 Å². The van der Waals surface area contributed by atoms with Crippen molar-refractivity contribution in [2.75, 3.05) is 43.4 Å². The topological polar surface area (TPSA) is 102 Å². The third-order valence-electron chi connectivity index (χ3n) is 6.88. The maximum absolute atomic E-state index is 13.3. The van der Waals surface area contributed by atoms with Gasteiger partial charge in [-0.2, -0.15) is 4.98 Å². The Kier molecular flexibility index (Phi) is 6.41. The molecule has 0 atom stereocenters. The molecule has 0 bridgehead atoms. The monoisotopic (exact) mass is 522 g/mol. The standard InChI is InChI=1S/C28H30N10O/c1-4-12-37-27(39)23-17-29-28(31-21-8-10-22(11-9-21)35-15-13-34(3)14-16-35)33-26(23)38(37)25-7-5-6-24(32-25)36-18-20(2)30-19-36/h4-11,17-19H,1,12-16H2,2-3H3,(H,29,31,33). The largest absolute Gasteiger partial charge is 0.369 e. The molecular weight excluding hydrogens is 492 g/mol. The van der Waals surface area contributed by atoms with Crippen LogP contribution in [0.15, 0.2) is 78.6 Å². The zero-order valence-electron chi connectivity index (χ0n) is 22.0. The van der Waals surface area contributed by atoms with E-state index in [1.807, 2.05) is 48.0 Å². The summed E-state index contributed by atoms with van der Waals surface area (Å²) in [6, 6.07) is 13.9. The minimum absolute atomic E-state index is 0.210. The quantitative estimate of drug-likeness (QED) is 0.325. The highest BCUT2D eigenvalue weighted by Gasteiger charge is 2.19. The van der Waals surface area contributed by atoms with E-state index < -0.39 is 0 Å². The Labute approximate surface area is 225 Å². The number of hydrogen-bond acceptors (Lipinski definition) is 8. The SMILES string of the molecule is C=CCn1c(=O)c2cnc(Nc3ccc(N4CCN(C)CC4)cc3)nc2n1-c1cccc(-n2cnc(C)c2)n1. The van der Waals surface area contributed by atoms with Crippen LogP contribution < -0.4 is 15.8 Å². The van der Waals surface area contributed by atoms with E-state index >= 15 is 0 Å². The molecule has 0 radical (unpaired) electrons. The van der Waals surface area contributed by atoms with E-state index in [1.165, 1.54) is 5.69 Å². The summed E-state index contributed by atoms with van der Waals surface area (Å²) >= 11 is 0. The van der Waals surface area contributed by atoms with Gasteiger partial charge in [-0.05, 0) is 50.4 Å². The number of rotatable bonds is 7. The van der Waals surface area contributed by atoms with E-state index in [-0.39, 0.29) is 5.56 Å². The third kappa shape index (κ3) is 4.79. The van der Waals surface area contributed by atoms with Gasteiger partial charge in [-0.3, -0.25) is 9.36 Å². The van der Waals surface area contributed by atoms with Crippen molar-refractivity contribution >= 4 is 28.4 Å².